The summed E-state index contributed by atoms with van der Waals surface area (Å²) in [7, 11) is 0. The molecule has 0 atom stereocenters. The van der Waals surface area contributed by atoms with Crippen LogP contribution in [0, 0.1) is 0 Å². The van der Waals surface area contributed by atoms with E-state index in [0.717, 1.165) is 18.4 Å². The number of hydrogen-bond acceptors (Lipinski definition) is 1. The molecule has 1 amide bonds. The highest BCUT2D eigenvalue weighted by Crippen LogP contribution is 2.25. The molecule has 0 unspecified atom stereocenters. The molecular formula is C18H16Cl2N2O. The monoisotopic (exact) mass is 346 g/mol. The third-order valence-electron chi connectivity index (χ3n) is 3.73. The van der Waals surface area contributed by atoms with Gasteiger partial charge in [-0.15, -0.1) is 0 Å². The first-order chi connectivity index (χ1) is 11.1. The topological polar surface area (TPSA) is 44.9 Å². The molecule has 1 heterocycles. The fraction of sp³-hybridized carbons (Fsp3) is 0.167. The Morgan fingerprint density at radius 1 is 1.09 bits per heavy atom. The molecular weight excluding hydrogens is 331 g/mol. The summed E-state index contributed by atoms with van der Waals surface area (Å²) in [6.07, 6.45) is 4.12. The van der Waals surface area contributed by atoms with Gasteiger partial charge in [-0.1, -0.05) is 41.4 Å². The lowest BCUT2D eigenvalue weighted by Gasteiger charge is -2.06. The van der Waals surface area contributed by atoms with Gasteiger partial charge in [0.05, 0.1) is 10.0 Å². The Bertz CT molecular complexity index is 842. The zero-order chi connectivity index (χ0) is 16.2. The summed E-state index contributed by atoms with van der Waals surface area (Å²) in [5.41, 5.74) is 3.03. The summed E-state index contributed by atoms with van der Waals surface area (Å²) < 4.78 is 0. The Morgan fingerprint density at radius 3 is 2.74 bits per heavy atom. The number of H-pyrrole nitrogens is 1. The predicted molar refractivity (Wildman–Crippen MR) is 96.3 cm³/mol. The number of anilines is 1. The minimum atomic E-state index is -0.0248. The molecule has 0 spiro atoms. The van der Waals surface area contributed by atoms with Gasteiger partial charge in [-0.25, -0.2) is 0 Å². The molecule has 0 saturated carbocycles. The van der Waals surface area contributed by atoms with E-state index >= 15 is 0 Å². The standard InChI is InChI=1S/C18H16Cl2N2O/c19-15-9-8-13(10-16(15)20)22-18(23)7-3-4-12-11-21-17-6-2-1-5-14(12)17/h1-2,5-6,8-11,21H,3-4,7H2,(H,22,23). The molecule has 3 nitrogen and oxygen atoms in total. The molecule has 3 rings (SSSR count). The average molecular weight is 347 g/mol. The zero-order valence-corrected chi connectivity index (χ0v) is 13.9. The summed E-state index contributed by atoms with van der Waals surface area (Å²) >= 11 is 11.8. The summed E-state index contributed by atoms with van der Waals surface area (Å²) in [6, 6.07) is 13.2. The van der Waals surface area contributed by atoms with Crippen LogP contribution in [0.3, 0.4) is 0 Å². The normalized spacial score (nSPS) is 10.9. The smallest absolute Gasteiger partial charge is 0.224 e. The molecule has 0 aliphatic rings. The van der Waals surface area contributed by atoms with Gasteiger partial charge in [-0.05, 0) is 42.7 Å². The van der Waals surface area contributed by atoms with Crippen LogP contribution in [0.4, 0.5) is 5.69 Å². The number of hydrogen-bond donors (Lipinski definition) is 2. The van der Waals surface area contributed by atoms with E-state index in [2.05, 4.69) is 22.4 Å². The lowest BCUT2D eigenvalue weighted by Crippen LogP contribution is -2.11. The number of aryl methyl sites for hydroxylation is 1. The predicted octanol–water partition coefficient (Wildman–Crippen LogP) is 5.44. The highest BCUT2D eigenvalue weighted by molar-refractivity contribution is 6.42. The van der Waals surface area contributed by atoms with Gasteiger partial charge < -0.3 is 10.3 Å². The van der Waals surface area contributed by atoms with Crippen LogP contribution in [0.5, 0.6) is 0 Å². The number of carbonyl (C=O) groups is 1. The number of aromatic amines is 1. The second-order valence-corrected chi connectivity index (χ2v) is 6.20. The number of para-hydroxylation sites is 1. The van der Waals surface area contributed by atoms with E-state index < -0.39 is 0 Å². The van der Waals surface area contributed by atoms with Gasteiger partial charge in [0.1, 0.15) is 0 Å². The van der Waals surface area contributed by atoms with Crippen LogP contribution in [0.15, 0.2) is 48.7 Å². The molecule has 0 radical (unpaired) electrons. The Balaban J connectivity index is 1.54. The molecule has 0 aliphatic carbocycles. The first-order valence-corrected chi connectivity index (χ1v) is 8.19. The average Bonchev–Trinajstić information content (AvgIpc) is 2.94. The van der Waals surface area contributed by atoms with Crippen molar-refractivity contribution >= 4 is 45.7 Å². The Morgan fingerprint density at radius 2 is 1.91 bits per heavy atom. The number of nitrogens with one attached hydrogen (secondary N) is 2. The fourth-order valence-electron chi connectivity index (χ4n) is 2.58. The van der Waals surface area contributed by atoms with E-state index in [-0.39, 0.29) is 5.91 Å². The van der Waals surface area contributed by atoms with Crippen LogP contribution in [0.1, 0.15) is 18.4 Å². The molecule has 0 aliphatic heterocycles. The van der Waals surface area contributed by atoms with Crippen molar-refractivity contribution < 1.29 is 4.79 Å². The second-order valence-electron chi connectivity index (χ2n) is 5.39. The molecule has 1 aromatic heterocycles. The van der Waals surface area contributed by atoms with Gasteiger partial charge >= 0.3 is 0 Å². The van der Waals surface area contributed by atoms with Crippen LogP contribution in [-0.4, -0.2) is 10.9 Å². The first kappa shape index (κ1) is 15.9. The second kappa shape index (κ2) is 7.07. The minimum absolute atomic E-state index is 0.0248. The summed E-state index contributed by atoms with van der Waals surface area (Å²) in [5, 5.41) is 4.97. The van der Waals surface area contributed by atoms with Crippen LogP contribution >= 0.6 is 23.2 Å². The minimum Gasteiger partial charge on any atom is -0.361 e. The maximum Gasteiger partial charge on any atom is 0.224 e. The van der Waals surface area contributed by atoms with Crippen LogP contribution in [0.2, 0.25) is 10.0 Å². The van der Waals surface area contributed by atoms with E-state index in [1.165, 1.54) is 10.9 Å². The van der Waals surface area contributed by atoms with Gasteiger partial charge in [0.15, 0.2) is 0 Å². The highest BCUT2D eigenvalue weighted by Gasteiger charge is 2.07. The molecule has 3 aromatic rings. The van der Waals surface area contributed by atoms with E-state index in [9.17, 15) is 4.79 Å². The fourth-order valence-corrected chi connectivity index (χ4v) is 2.87. The van der Waals surface area contributed by atoms with Crippen molar-refractivity contribution in [3.63, 3.8) is 0 Å². The largest absolute Gasteiger partial charge is 0.361 e. The third-order valence-corrected chi connectivity index (χ3v) is 4.47. The maximum absolute atomic E-state index is 12.0. The summed E-state index contributed by atoms with van der Waals surface area (Å²) in [4.78, 5) is 15.3. The van der Waals surface area contributed by atoms with Crippen LogP contribution < -0.4 is 5.32 Å². The third kappa shape index (κ3) is 3.87. The molecule has 23 heavy (non-hydrogen) atoms. The van der Waals surface area contributed by atoms with Crippen molar-refractivity contribution in [1.29, 1.82) is 0 Å². The van der Waals surface area contributed by atoms with Crippen LogP contribution in [0.25, 0.3) is 10.9 Å². The number of amides is 1. The molecule has 118 valence electrons. The van der Waals surface area contributed by atoms with E-state index in [1.807, 2.05) is 18.3 Å². The number of benzene rings is 2. The molecule has 0 bridgehead atoms. The summed E-state index contributed by atoms with van der Waals surface area (Å²) in [5.74, 6) is -0.0248. The van der Waals surface area contributed by atoms with Crippen molar-refractivity contribution in [3.05, 3.63) is 64.3 Å². The Labute approximate surface area is 144 Å². The number of carbonyl (C=O) groups excluding carboxylic acids is 1. The van der Waals surface area contributed by atoms with E-state index in [4.69, 9.17) is 23.2 Å². The van der Waals surface area contributed by atoms with Crippen molar-refractivity contribution in [2.24, 2.45) is 0 Å². The molecule has 5 heteroatoms. The lowest BCUT2D eigenvalue weighted by molar-refractivity contribution is -0.116. The SMILES string of the molecule is O=C(CCCc1c[nH]c2ccccc12)Nc1ccc(Cl)c(Cl)c1. The van der Waals surface area contributed by atoms with Gasteiger partial charge in [0, 0.05) is 29.2 Å². The molecule has 2 aromatic carbocycles. The zero-order valence-electron chi connectivity index (χ0n) is 12.4. The molecule has 2 N–H and O–H groups in total. The quantitative estimate of drug-likeness (QED) is 0.634. The Kier molecular flexibility index (Phi) is 4.89. The van der Waals surface area contributed by atoms with Gasteiger partial charge in [0.2, 0.25) is 5.91 Å². The lowest BCUT2D eigenvalue weighted by atomic mass is 10.1. The molecule has 0 fully saturated rings. The van der Waals surface area contributed by atoms with Gasteiger partial charge in [0.25, 0.3) is 0 Å². The number of fused-ring (bicyclic) bond motifs is 1. The van der Waals surface area contributed by atoms with Crippen molar-refractivity contribution in [1.82, 2.24) is 4.98 Å². The first-order valence-electron chi connectivity index (χ1n) is 7.43. The molecule has 0 saturated heterocycles. The van der Waals surface area contributed by atoms with Crippen molar-refractivity contribution in [2.45, 2.75) is 19.3 Å². The van der Waals surface area contributed by atoms with Crippen LogP contribution in [-0.2, 0) is 11.2 Å². The van der Waals surface area contributed by atoms with Crippen molar-refractivity contribution in [2.75, 3.05) is 5.32 Å². The van der Waals surface area contributed by atoms with E-state index in [1.54, 1.807) is 18.2 Å². The number of aromatic nitrogens is 1. The number of halogens is 2. The Hall–Kier alpha value is -1.97. The van der Waals surface area contributed by atoms with Gasteiger partial charge in [-0.3, -0.25) is 4.79 Å². The summed E-state index contributed by atoms with van der Waals surface area (Å²) in [6.45, 7) is 0. The maximum atomic E-state index is 12.0. The van der Waals surface area contributed by atoms with Gasteiger partial charge in [-0.2, -0.15) is 0 Å². The highest BCUT2D eigenvalue weighted by atomic mass is 35.5. The number of rotatable bonds is 5. The van der Waals surface area contributed by atoms with E-state index in [0.29, 0.717) is 22.2 Å². The van der Waals surface area contributed by atoms with Crippen molar-refractivity contribution in [3.8, 4) is 0 Å².